The van der Waals surface area contributed by atoms with Gasteiger partial charge in [-0.05, 0) is 31.6 Å². The predicted octanol–water partition coefficient (Wildman–Crippen LogP) is 2.76. The van der Waals surface area contributed by atoms with E-state index < -0.39 is 5.97 Å². The van der Waals surface area contributed by atoms with E-state index in [4.69, 9.17) is 4.74 Å². The van der Waals surface area contributed by atoms with E-state index in [9.17, 15) is 9.59 Å². The summed E-state index contributed by atoms with van der Waals surface area (Å²) in [6.45, 7) is 3.55. The Bertz CT molecular complexity index is 376. The van der Waals surface area contributed by atoms with E-state index in [0.29, 0.717) is 5.92 Å². The number of carbonyl (C=O) groups excluding carboxylic acids is 2. The van der Waals surface area contributed by atoms with Crippen molar-refractivity contribution in [3.8, 4) is 0 Å². The van der Waals surface area contributed by atoms with Crippen LogP contribution in [0.25, 0.3) is 0 Å². The highest BCUT2D eigenvalue weighted by atomic mass is 16.6. The molecule has 0 atom stereocenters. The van der Waals surface area contributed by atoms with Crippen LogP contribution in [0.15, 0.2) is 12.2 Å². The number of hydrogen-bond donors (Lipinski definition) is 0. The lowest BCUT2D eigenvalue weighted by atomic mass is 9.83. The van der Waals surface area contributed by atoms with Gasteiger partial charge < -0.3 is 9.47 Å². The van der Waals surface area contributed by atoms with Crippen LogP contribution >= 0.6 is 0 Å². The highest BCUT2D eigenvalue weighted by molar-refractivity contribution is 5.93. The SMILES string of the molecule is C=C(CC(=O)OC1(C2CCCCC2)CC1)C(=O)OC. The van der Waals surface area contributed by atoms with Gasteiger partial charge in [-0.25, -0.2) is 4.79 Å². The lowest BCUT2D eigenvalue weighted by molar-refractivity contribution is -0.155. The van der Waals surface area contributed by atoms with Crippen LogP contribution in [0.4, 0.5) is 0 Å². The molecule has 0 amide bonds. The van der Waals surface area contributed by atoms with Gasteiger partial charge in [0.15, 0.2) is 0 Å². The summed E-state index contributed by atoms with van der Waals surface area (Å²) in [7, 11) is 1.28. The van der Waals surface area contributed by atoms with Crippen molar-refractivity contribution in [2.45, 2.75) is 57.0 Å². The molecule has 4 heteroatoms. The van der Waals surface area contributed by atoms with Gasteiger partial charge in [0.05, 0.1) is 13.5 Å². The first-order valence-electron chi connectivity index (χ1n) is 7.05. The highest BCUT2D eigenvalue weighted by Gasteiger charge is 2.52. The first-order chi connectivity index (χ1) is 9.07. The number of methoxy groups -OCH3 is 1. The quantitative estimate of drug-likeness (QED) is 0.567. The number of carbonyl (C=O) groups is 2. The summed E-state index contributed by atoms with van der Waals surface area (Å²) < 4.78 is 10.2. The van der Waals surface area contributed by atoms with Gasteiger partial charge in [-0.1, -0.05) is 25.8 Å². The third-order valence-corrected chi connectivity index (χ3v) is 4.24. The summed E-state index contributed by atoms with van der Waals surface area (Å²) in [6.07, 6.45) is 7.94. The van der Waals surface area contributed by atoms with E-state index in [1.54, 1.807) is 0 Å². The van der Waals surface area contributed by atoms with Crippen LogP contribution in [0.5, 0.6) is 0 Å². The van der Waals surface area contributed by atoms with Crippen LogP contribution in [0, 0.1) is 5.92 Å². The first kappa shape index (κ1) is 14.1. The van der Waals surface area contributed by atoms with Crippen molar-refractivity contribution in [1.29, 1.82) is 0 Å². The smallest absolute Gasteiger partial charge is 0.333 e. The van der Waals surface area contributed by atoms with E-state index in [2.05, 4.69) is 11.3 Å². The average Bonchev–Trinajstić information content (AvgIpc) is 3.19. The molecule has 0 aromatic rings. The van der Waals surface area contributed by atoms with Crippen LogP contribution < -0.4 is 0 Å². The second-order valence-electron chi connectivity index (χ2n) is 5.65. The van der Waals surface area contributed by atoms with E-state index in [0.717, 1.165) is 25.7 Å². The molecule has 0 spiro atoms. The molecule has 106 valence electrons. The van der Waals surface area contributed by atoms with Crippen molar-refractivity contribution in [2.24, 2.45) is 5.92 Å². The summed E-state index contributed by atoms with van der Waals surface area (Å²) in [5.74, 6) is -0.380. The number of ether oxygens (including phenoxy) is 2. The zero-order valence-electron chi connectivity index (χ0n) is 11.6. The van der Waals surface area contributed by atoms with Crippen LogP contribution in [-0.2, 0) is 19.1 Å². The van der Waals surface area contributed by atoms with Crippen molar-refractivity contribution in [3.05, 3.63) is 12.2 Å². The molecule has 19 heavy (non-hydrogen) atoms. The van der Waals surface area contributed by atoms with Gasteiger partial charge in [-0.3, -0.25) is 4.79 Å². The molecule has 0 saturated heterocycles. The Morgan fingerprint density at radius 3 is 2.37 bits per heavy atom. The molecule has 2 aliphatic carbocycles. The normalized spacial score (nSPS) is 21.5. The van der Waals surface area contributed by atoms with Crippen molar-refractivity contribution < 1.29 is 19.1 Å². The third-order valence-electron chi connectivity index (χ3n) is 4.24. The summed E-state index contributed by atoms with van der Waals surface area (Å²) in [4.78, 5) is 23.1. The number of hydrogen-bond acceptors (Lipinski definition) is 4. The standard InChI is InChI=1S/C15H22O4/c1-11(14(17)18-2)10-13(16)19-15(8-9-15)12-6-4-3-5-7-12/h12H,1,3-10H2,2H3. The molecule has 0 heterocycles. The molecular formula is C15H22O4. The van der Waals surface area contributed by atoms with Crippen molar-refractivity contribution >= 4 is 11.9 Å². The fourth-order valence-electron chi connectivity index (χ4n) is 3.00. The van der Waals surface area contributed by atoms with Crippen LogP contribution in [-0.4, -0.2) is 24.6 Å². The highest BCUT2D eigenvalue weighted by Crippen LogP contribution is 2.51. The van der Waals surface area contributed by atoms with Gasteiger partial charge in [0.2, 0.25) is 0 Å². The first-order valence-corrected chi connectivity index (χ1v) is 7.05. The average molecular weight is 266 g/mol. The van der Waals surface area contributed by atoms with Gasteiger partial charge in [0.1, 0.15) is 5.60 Å². The Kier molecular flexibility index (Phi) is 4.27. The Hall–Kier alpha value is -1.32. The number of rotatable bonds is 5. The van der Waals surface area contributed by atoms with Crippen molar-refractivity contribution in [2.75, 3.05) is 7.11 Å². The minimum absolute atomic E-state index is 0.0683. The largest absolute Gasteiger partial charge is 0.466 e. The minimum atomic E-state index is -0.542. The van der Waals surface area contributed by atoms with E-state index >= 15 is 0 Å². The van der Waals surface area contributed by atoms with Gasteiger partial charge in [0.25, 0.3) is 0 Å². The van der Waals surface area contributed by atoms with Gasteiger partial charge in [0, 0.05) is 5.57 Å². The molecule has 2 aliphatic rings. The summed E-state index contributed by atoms with van der Waals surface area (Å²) in [6, 6.07) is 0. The lowest BCUT2D eigenvalue weighted by Gasteiger charge is -2.30. The fourth-order valence-corrected chi connectivity index (χ4v) is 3.00. The molecule has 0 aromatic heterocycles. The minimum Gasteiger partial charge on any atom is -0.466 e. The third kappa shape index (κ3) is 3.37. The summed E-state index contributed by atoms with van der Waals surface area (Å²) in [5.41, 5.74) is -0.0691. The predicted molar refractivity (Wildman–Crippen MR) is 70.4 cm³/mol. The van der Waals surface area contributed by atoms with Gasteiger partial charge in [-0.15, -0.1) is 0 Å². The second kappa shape index (κ2) is 5.76. The van der Waals surface area contributed by atoms with Crippen LogP contribution in [0.3, 0.4) is 0 Å². The van der Waals surface area contributed by atoms with Crippen LogP contribution in [0.2, 0.25) is 0 Å². The molecule has 2 saturated carbocycles. The zero-order valence-corrected chi connectivity index (χ0v) is 11.6. The number of esters is 2. The Morgan fingerprint density at radius 1 is 1.21 bits per heavy atom. The maximum absolute atomic E-state index is 11.9. The summed E-state index contributed by atoms with van der Waals surface area (Å²) >= 11 is 0. The van der Waals surface area contributed by atoms with Gasteiger partial charge >= 0.3 is 11.9 Å². The molecule has 2 rings (SSSR count). The maximum Gasteiger partial charge on any atom is 0.333 e. The Morgan fingerprint density at radius 2 is 1.84 bits per heavy atom. The molecule has 2 fully saturated rings. The van der Waals surface area contributed by atoms with E-state index in [1.165, 1.54) is 26.4 Å². The summed E-state index contributed by atoms with van der Waals surface area (Å²) in [5, 5.41) is 0. The fraction of sp³-hybridized carbons (Fsp3) is 0.733. The van der Waals surface area contributed by atoms with E-state index in [1.807, 2.05) is 0 Å². The maximum atomic E-state index is 11.9. The molecular weight excluding hydrogens is 244 g/mol. The van der Waals surface area contributed by atoms with Crippen LogP contribution in [0.1, 0.15) is 51.4 Å². The monoisotopic (exact) mass is 266 g/mol. The second-order valence-corrected chi connectivity index (χ2v) is 5.65. The Balaban J connectivity index is 1.84. The van der Waals surface area contributed by atoms with Gasteiger partial charge in [-0.2, -0.15) is 0 Å². The molecule has 0 bridgehead atoms. The van der Waals surface area contributed by atoms with E-state index in [-0.39, 0.29) is 23.6 Å². The molecule has 4 nitrogen and oxygen atoms in total. The lowest BCUT2D eigenvalue weighted by Crippen LogP contribution is -2.31. The van der Waals surface area contributed by atoms with Crippen molar-refractivity contribution in [1.82, 2.24) is 0 Å². The van der Waals surface area contributed by atoms with Crippen molar-refractivity contribution in [3.63, 3.8) is 0 Å². The Labute approximate surface area is 114 Å². The topological polar surface area (TPSA) is 52.6 Å². The molecule has 0 aromatic carbocycles. The zero-order chi connectivity index (χ0) is 13.9. The molecule has 0 radical (unpaired) electrons. The molecule has 0 N–H and O–H groups in total. The molecule has 0 aliphatic heterocycles. The molecule has 0 unspecified atom stereocenters.